The lowest BCUT2D eigenvalue weighted by molar-refractivity contribution is 0.0944. The lowest BCUT2D eigenvalue weighted by Gasteiger charge is -2.06. The van der Waals surface area contributed by atoms with Gasteiger partial charge in [0.1, 0.15) is 0 Å². The van der Waals surface area contributed by atoms with E-state index in [1.807, 2.05) is 51.4 Å². The summed E-state index contributed by atoms with van der Waals surface area (Å²) >= 11 is 0. The average Bonchev–Trinajstić information content (AvgIpc) is 2.67. The first-order valence-corrected chi connectivity index (χ1v) is 5.91. The van der Waals surface area contributed by atoms with E-state index in [-0.39, 0.29) is 5.91 Å². The van der Waals surface area contributed by atoms with Gasteiger partial charge < -0.3 is 5.32 Å². The number of hydrogen-bond donors (Lipinski definition) is 1. The van der Waals surface area contributed by atoms with Gasteiger partial charge in [0.25, 0.3) is 5.91 Å². The van der Waals surface area contributed by atoms with Crippen LogP contribution >= 0.6 is 0 Å². The molecule has 0 bridgehead atoms. The molecule has 0 radical (unpaired) electrons. The maximum atomic E-state index is 12.0. The summed E-state index contributed by atoms with van der Waals surface area (Å²) in [6.45, 7) is 4.45. The van der Waals surface area contributed by atoms with Gasteiger partial charge in [0.15, 0.2) is 5.69 Å². The van der Waals surface area contributed by atoms with Crippen molar-refractivity contribution in [2.24, 2.45) is 7.05 Å². The Balaban J connectivity index is 2.05. The Morgan fingerprint density at radius 2 is 2.00 bits per heavy atom. The van der Waals surface area contributed by atoms with Gasteiger partial charge in [-0.1, -0.05) is 24.3 Å². The number of aromatic nitrogens is 2. The monoisotopic (exact) mass is 243 g/mol. The molecule has 1 aromatic heterocycles. The molecule has 1 amide bonds. The fraction of sp³-hybridized carbons (Fsp3) is 0.286. The average molecular weight is 243 g/mol. The Morgan fingerprint density at radius 1 is 1.28 bits per heavy atom. The summed E-state index contributed by atoms with van der Waals surface area (Å²) in [4.78, 5) is 12.0. The van der Waals surface area contributed by atoms with Crippen LogP contribution in [0.3, 0.4) is 0 Å². The molecule has 1 heterocycles. The van der Waals surface area contributed by atoms with Gasteiger partial charge in [0.05, 0.1) is 0 Å². The molecule has 0 atom stereocenters. The second kappa shape index (κ2) is 5.04. The van der Waals surface area contributed by atoms with Crippen LogP contribution in [0.4, 0.5) is 0 Å². The van der Waals surface area contributed by atoms with E-state index in [0.717, 1.165) is 11.1 Å². The molecule has 0 aliphatic carbocycles. The van der Waals surface area contributed by atoms with Crippen molar-refractivity contribution in [2.45, 2.75) is 20.4 Å². The third kappa shape index (κ3) is 2.59. The summed E-state index contributed by atoms with van der Waals surface area (Å²) in [6, 6.07) is 8.01. The lowest BCUT2D eigenvalue weighted by atomic mass is 10.1. The maximum Gasteiger partial charge on any atom is 0.272 e. The van der Waals surface area contributed by atoms with Crippen LogP contribution in [0.25, 0.3) is 0 Å². The van der Waals surface area contributed by atoms with Crippen LogP contribution in [0.5, 0.6) is 0 Å². The molecule has 94 valence electrons. The number of rotatable bonds is 3. The van der Waals surface area contributed by atoms with Crippen LogP contribution < -0.4 is 5.32 Å². The van der Waals surface area contributed by atoms with E-state index >= 15 is 0 Å². The van der Waals surface area contributed by atoms with Crippen LogP contribution in [0, 0.1) is 13.8 Å². The van der Waals surface area contributed by atoms with E-state index in [1.54, 1.807) is 4.68 Å². The van der Waals surface area contributed by atoms with E-state index in [2.05, 4.69) is 10.4 Å². The zero-order valence-corrected chi connectivity index (χ0v) is 10.9. The molecule has 2 aromatic rings. The van der Waals surface area contributed by atoms with Crippen LogP contribution in [-0.4, -0.2) is 15.7 Å². The zero-order chi connectivity index (χ0) is 13.1. The summed E-state index contributed by atoms with van der Waals surface area (Å²) in [5, 5.41) is 7.04. The minimum absolute atomic E-state index is 0.128. The first-order valence-electron chi connectivity index (χ1n) is 5.91. The van der Waals surface area contributed by atoms with E-state index in [0.29, 0.717) is 12.2 Å². The molecule has 4 heteroatoms. The van der Waals surface area contributed by atoms with Gasteiger partial charge in [-0.2, -0.15) is 5.10 Å². The van der Waals surface area contributed by atoms with Crippen molar-refractivity contribution in [1.29, 1.82) is 0 Å². The van der Waals surface area contributed by atoms with Crippen molar-refractivity contribution >= 4 is 5.91 Å². The summed E-state index contributed by atoms with van der Waals surface area (Å²) in [6.07, 6.45) is 1.84. The molecule has 2 rings (SSSR count). The predicted octanol–water partition coefficient (Wildman–Crippen LogP) is 1.97. The van der Waals surface area contributed by atoms with Crippen molar-refractivity contribution in [3.63, 3.8) is 0 Å². The Morgan fingerprint density at radius 3 is 2.61 bits per heavy atom. The molecule has 18 heavy (non-hydrogen) atoms. The third-order valence-electron chi connectivity index (χ3n) is 2.93. The van der Waals surface area contributed by atoms with Gasteiger partial charge in [-0.05, 0) is 25.0 Å². The topological polar surface area (TPSA) is 46.9 Å². The third-order valence-corrected chi connectivity index (χ3v) is 2.93. The van der Waals surface area contributed by atoms with Crippen LogP contribution in [0.1, 0.15) is 27.2 Å². The Labute approximate surface area is 107 Å². The van der Waals surface area contributed by atoms with Crippen LogP contribution in [-0.2, 0) is 13.6 Å². The summed E-state index contributed by atoms with van der Waals surface area (Å²) < 4.78 is 1.65. The van der Waals surface area contributed by atoms with E-state index in [1.165, 1.54) is 5.56 Å². The molecule has 4 nitrogen and oxygen atoms in total. The maximum absolute atomic E-state index is 12.0. The number of nitrogens with zero attached hydrogens (tertiary/aromatic N) is 2. The zero-order valence-electron chi connectivity index (χ0n) is 10.9. The molecule has 0 aliphatic rings. The van der Waals surface area contributed by atoms with Crippen LogP contribution in [0.15, 0.2) is 30.5 Å². The Hall–Kier alpha value is -2.10. The quantitative estimate of drug-likeness (QED) is 0.895. The fourth-order valence-corrected chi connectivity index (χ4v) is 1.90. The van der Waals surface area contributed by atoms with Crippen molar-refractivity contribution < 1.29 is 4.79 Å². The number of nitrogens with one attached hydrogen (secondary N) is 1. The van der Waals surface area contributed by atoms with Crippen LogP contribution in [0.2, 0.25) is 0 Å². The van der Waals surface area contributed by atoms with Gasteiger partial charge >= 0.3 is 0 Å². The largest absolute Gasteiger partial charge is 0.347 e. The first-order chi connectivity index (χ1) is 8.58. The highest BCUT2D eigenvalue weighted by Gasteiger charge is 2.12. The number of carbonyl (C=O) groups excluding carboxylic acids is 1. The van der Waals surface area contributed by atoms with Gasteiger partial charge in [-0.3, -0.25) is 9.48 Å². The molecule has 0 unspecified atom stereocenters. The van der Waals surface area contributed by atoms with Crippen molar-refractivity contribution in [3.05, 3.63) is 52.8 Å². The highest BCUT2D eigenvalue weighted by atomic mass is 16.1. The van der Waals surface area contributed by atoms with Crippen molar-refractivity contribution in [2.75, 3.05) is 0 Å². The standard InChI is InChI=1S/C14H17N3O/c1-10-6-4-5-7-12(10)8-15-14(18)13-11(2)9-17(3)16-13/h4-7,9H,8H2,1-3H3,(H,15,18). The smallest absolute Gasteiger partial charge is 0.272 e. The van der Waals surface area contributed by atoms with Gasteiger partial charge in [-0.15, -0.1) is 0 Å². The molecule has 0 spiro atoms. The molecule has 0 saturated carbocycles. The molecule has 0 saturated heterocycles. The number of hydrogen-bond acceptors (Lipinski definition) is 2. The Bertz CT molecular complexity index is 572. The first kappa shape index (κ1) is 12.4. The number of carbonyl (C=O) groups is 1. The molecular weight excluding hydrogens is 226 g/mol. The molecular formula is C14H17N3O. The second-order valence-electron chi connectivity index (χ2n) is 4.44. The minimum Gasteiger partial charge on any atom is -0.347 e. The Kier molecular flexibility index (Phi) is 3.46. The number of aryl methyl sites for hydroxylation is 3. The van der Waals surface area contributed by atoms with E-state index in [9.17, 15) is 4.79 Å². The lowest BCUT2D eigenvalue weighted by Crippen LogP contribution is -2.24. The summed E-state index contributed by atoms with van der Waals surface area (Å²) in [7, 11) is 1.81. The van der Waals surface area contributed by atoms with E-state index < -0.39 is 0 Å². The minimum atomic E-state index is -0.128. The fourth-order valence-electron chi connectivity index (χ4n) is 1.90. The highest BCUT2D eigenvalue weighted by molar-refractivity contribution is 5.93. The van der Waals surface area contributed by atoms with Crippen molar-refractivity contribution in [1.82, 2.24) is 15.1 Å². The molecule has 0 fully saturated rings. The van der Waals surface area contributed by atoms with Crippen molar-refractivity contribution in [3.8, 4) is 0 Å². The van der Waals surface area contributed by atoms with Gasteiger partial charge in [-0.25, -0.2) is 0 Å². The SMILES string of the molecule is Cc1ccccc1CNC(=O)c1nn(C)cc1C. The predicted molar refractivity (Wildman–Crippen MR) is 70.3 cm³/mol. The second-order valence-corrected chi connectivity index (χ2v) is 4.44. The molecule has 1 aromatic carbocycles. The molecule has 0 aliphatic heterocycles. The van der Waals surface area contributed by atoms with Gasteiger partial charge in [0.2, 0.25) is 0 Å². The van der Waals surface area contributed by atoms with Gasteiger partial charge in [0, 0.05) is 25.4 Å². The van der Waals surface area contributed by atoms with E-state index in [4.69, 9.17) is 0 Å². The number of amides is 1. The summed E-state index contributed by atoms with van der Waals surface area (Å²) in [5.41, 5.74) is 3.68. The normalized spacial score (nSPS) is 10.4. The summed E-state index contributed by atoms with van der Waals surface area (Å²) in [5.74, 6) is -0.128. The number of benzene rings is 1. The molecule has 1 N–H and O–H groups in total. The highest BCUT2D eigenvalue weighted by Crippen LogP contribution is 2.08.